The van der Waals surface area contributed by atoms with Crippen molar-refractivity contribution >= 4 is 51.2 Å². The Hall–Kier alpha value is -4.26. The Bertz CT molecular complexity index is 1620. The van der Waals surface area contributed by atoms with Gasteiger partial charge in [0.1, 0.15) is 17.6 Å². The first-order valence-electron chi connectivity index (χ1n) is 10.7. The Morgan fingerprint density at radius 3 is 2.64 bits per heavy atom. The number of aryl methyl sites for hydroxylation is 1. The van der Waals surface area contributed by atoms with E-state index in [0.717, 1.165) is 11.3 Å². The lowest BCUT2D eigenvalue weighted by atomic mass is 10.0. The van der Waals surface area contributed by atoms with Crippen molar-refractivity contribution in [2.45, 2.75) is 13.0 Å². The van der Waals surface area contributed by atoms with Crippen LogP contribution in [0.3, 0.4) is 0 Å². The second-order valence-corrected chi connectivity index (χ2v) is 8.73. The van der Waals surface area contributed by atoms with Crippen LogP contribution in [0.2, 0.25) is 10.0 Å². The average Bonchev–Trinajstić information content (AvgIpc) is 3.40. The molecule has 1 atom stereocenters. The van der Waals surface area contributed by atoms with E-state index in [1.807, 2.05) is 25.1 Å². The lowest BCUT2D eigenvalue weighted by molar-refractivity contribution is 0.628. The van der Waals surface area contributed by atoms with Gasteiger partial charge in [-0.3, -0.25) is 15.1 Å². The molecule has 0 aliphatic rings. The second-order valence-electron chi connectivity index (χ2n) is 7.92. The third-order valence-corrected chi connectivity index (χ3v) is 6.21. The van der Waals surface area contributed by atoms with Gasteiger partial charge < -0.3 is 10.6 Å². The van der Waals surface area contributed by atoms with Crippen LogP contribution in [0, 0.1) is 24.1 Å². The quantitative estimate of drug-likeness (QED) is 0.241. The van der Waals surface area contributed by atoms with E-state index < -0.39 is 5.82 Å². The van der Waals surface area contributed by atoms with Gasteiger partial charge in [0.05, 0.1) is 32.9 Å². The molecule has 178 valence electrons. The highest BCUT2D eigenvalue weighted by Crippen LogP contribution is 2.37. The van der Waals surface area contributed by atoms with E-state index >= 15 is 0 Å². The number of hydrogen-bond acceptors (Lipinski definition) is 7. The van der Waals surface area contributed by atoms with Crippen molar-refractivity contribution in [3.05, 3.63) is 99.4 Å². The molecule has 3 heterocycles. The number of H-pyrrole nitrogens is 1. The summed E-state index contributed by atoms with van der Waals surface area (Å²) >= 11 is 12.6. The topological polar surface area (TPSA) is 115 Å². The highest BCUT2D eigenvalue weighted by Gasteiger charge is 2.21. The zero-order valence-corrected chi connectivity index (χ0v) is 20.2. The number of nitrogens with one attached hydrogen (secondary N) is 3. The molecular weight excluding hydrogens is 502 g/mol. The summed E-state index contributed by atoms with van der Waals surface area (Å²) in [5.74, 6) is -0.540. The van der Waals surface area contributed by atoms with Crippen LogP contribution in [-0.2, 0) is 0 Å². The molecule has 0 spiro atoms. The summed E-state index contributed by atoms with van der Waals surface area (Å²) in [5.41, 5.74) is 4.79. The van der Waals surface area contributed by atoms with E-state index in [9.17, 15) is 9.65 Å². The third-order valence-electron chi connectivity index (χ3n) is 5.64. The summed E-state index contributed by atoms with van der Waals surface area (Å²) < 4.78 is 13.7. The standard InChI is InChI=1S/C25H17Cl2FN8/c1-13-17(3-2-6-30-13)25(22-12-32-36-35-22)34-16-7-18-23(33-15-4-5-21(28)19(26)8-15)14(10-29)11-31-24(18)20(27)9-16/h2-9,11-12,25,34H,1H3,(H,31,33)(H,32,35,36)/t25-/m0/s1. The van der Waals surface area contributed by atoms with E-state index in [1.54, 1.807) is 18.5 Å². The molecule has 5 aromatic rings. The number of aromatic amines is 1. The molecule has 0 saturated heterocycles. The molecule has 0 aliphatic carbocycles. The molecular formula is C25H17Cl2FN8. The highest BCUT2D eigenvalue weighted by atomic mass is 35.5. The van der Waals surface area contributed by atoms with Gasteiger partial charge in [0.15, 0.2) is 0 Å². The average molecular weight is 519 g/mol. The molecule has 3 N–H and O–H groups in total. The van der Waals surface area contributed by atoms with Crippen molar-refractivity contribution in [2.75, 3.05) is 10.6 Å². The lowest BCUT2D eigenvalue weighted by Gasteiger charge is -2.21. The zero-order chi connectivity index (χ0) is 25.2. The monoisotopic (exact) mass is 518 g/mol. The molecule has 0 saturated carbocycles. The first-order chi connectivity index (χ1) is 17.4. The van der Waals surface area contributed by atoms with Crippen LogP contribution in [0.1, 0.15) is 28.6 Å². The van der Waals surface area contributed by atoms with Gasteiger partial charge in [-0.2, -0.15) is 5.26 Å². The second kappa shape index (κ2) is 9.77. The largest absolute Gasteiger partial charge is 0.373 e. The molecule has 3 aromatic heterocycles. The van der Waals surface area contributed by atoms with Crippen molar-refractivity contribution in [2.24, 2.45) is 0 Å². The van der Waals surface area contributed by atoms with Crippen LogP contribution >= 0.6 is 23.2 Å². The van der Waals surface area contributed by atoms with E-state index in [-0.39, 0.29) is 16.6 Å². The van der Waals surface area contributed by atoms with Crippen LogP contribution in [-0.4, -0.2) is 25.4 Å². The Balaban J connectivity index is 1.63. The number of halogens is 3. The number of fused-ring (bicyclic) bond motifs is 1. The summed E-state index contributed by atoms with van der Waals surface area (Å²) in [4.78, 5) is 8.78. The maximum Gasteiger partial charge on any atom is 0.141 e. The molecule has 36 heavy (non-hydrogen) atoms. The summed E-state index contributed by atoms with van der Waals surface area (Å²) in [6.45, 7) is 1.91. The number of pyridine rings is 2. The maximum atomic E-state index is 13.7. The van der Waals surface area contributed by atoms with E-state index in [4.69, 9.17) is 23.2 Å². The number of anilines is 3. The van der Waals surface area contributed by atoms with Crippen LogP contribution in [0.25, 0.3) is 10.9 Å². The van der Waals surface area contributed by atoms with Crippen molar-refractivity contribution in [1.82, 2.24) is 25.4 Å². The van der Waals surface area contributed by atoms with Crippen LogP contribution in [0.15, 0.2) is 61.1 Å². The summed E-state index contributed by atoms with van der Waals surface area (Å²) in [6, 6.07) is 13.4. The molecule has 2 aromatic carbocycles. The van der Waals surface area contributed by atoms with E-state index in [0.29, 0.717) is 38.7 Å². The third kappa shape index (κ3) is 4.52. The summed E-state index contributed by atoms with van der Waals surface area (Å²) in [5, 5.41) is 28.1. The highest BCUT2D eigenvalue weighted by molar-refractivity contribution is 6.36. The Labute approximate surface area is 215 Å². The van der Waals surface area contributed by atoms with Gasteiger partial charge in [-0.1, -0.05) is 34.5 Å². The van der Waals surface area contributed by atoms with Crippen molar-refractivity contribution in [1.29, 1.82) is 5.26 Å². The van der Waals surface area contributed by atoms with Gasteiger partial charge in [0.25, 0.3) is 0 Å². The smallest absolute Gasteiger partial charge is 0.141 e. The van der Waals surface area contributed by atoms with Crippen LogP contribution < -0.4 is 10.6 Å². The molecule has 0 aliphatic heterocycles. The molecule has 0 fully saturated rings. The number of benzene rings is 2. The molecule has 8 nitrogen and oxygen atoms in total. The SMILES string of the molecule is Cc1ncccc1[C@H](Nc1cc(Cl)c2ncc(C#N)c(Nc3ccc(F)c(Cl)c3)c2c1)c1c[nH]nn1. The fourth-order valence-corrected chi connectivity index (χ4v) is 4.36. The fourth-order valence-electron chi connectivity index (χ4n) is 3.91. The predicted molar refractivity (Wildman–Crippen MR) is 137 cm³/mol. The minimum absolute atomic E-state index is 0.0421. The number of rotatable bonds is 6. The lowest BCUT2D eigenvalue weighted by Crippen LogP contribution is -2.15. The summed E-state index contributed by atoms with van der Waals surface area (Å²) in [6.07, 6.45) is 4.86. The number of hydrogen-bond donors (Lipinski definition) is 3. The van der Waals surface area contributed by atoms with Crippen LogP contribution in [0.5, 0.6) is 0 Å². The Morgan fingerprint density at radius 2 is 1.92 bits per heavy atom. The minimum atomic E-state index is -0.540. The molecule has 0 bridgehead atoms. The van der Waals surface area contributed by atoms with Gasteiger partial charge in [-0.05, 0) is 43.3 Å². The van der Waals surface area contributed by atoms with Gasteiger partial charge in [0.2, 0.25) is 0 Å². The molecule has 0 radical (unpaired) electrons. The Morgan fingerprint density at radius 1 is 1.08 bits per heavy atom. The fraction of sp³-hybridized carbons (Fsp3) is 0.0800. The van der Waals surface area contributed by atoms with Crippen molar-refractivity contribution in [3.63, 3.8) is 0 Å². The number of aromatic nitrogens is 5. The van der Waals surface area contributed by atoms with E-state index in [1.165, 1.54) is 24.4 Å². The molecule has 11 heteroatoms. The van der Waals surface area contributed by atoms with Crippen molar-refractivity contribution in [3.8, 4) is 6.07 Å². The van der Waals surface area contributed by atoms with Gasteiger partial charge in [-0.15, -0.1) is 5.10 Å². The van der Waals surface area contributed by atoms with Crippen molar-refractivity contribution < 1.29 is 4.39 Å². The molecule has 0 amide bonds. The first-order valence-corrected chi connectivity index (χ1v) is 11.5. The number of nitriles is 1. The van der Waals surface area contributed by atoms with Gasteiger partial charge >= 0.3 is 0 Å². The maximum absolute atomic E-state index is 13.7. The molecule has 0 unspecified atom stereocenters. The van der Waals surface area contributed by atoms with Gasteiger partial charge in [-0.25, -0.2) is 4.39 Å². The normalized spacial score (nSPS) is 11.8. The Kier molecular flexibility index (Phi) is 6.38. The molecule has 5 rings (SSSR count). The van der Waals surface area contributed by atoms with Crippen LogP contribution in [0.4, 0.5) is 21.5 Å². The zero-order valence-electron chi connectivity index (χ0n) is 18.7. The predicted octanol–water partition coefficient (Wildman–Crippen LogP) is 6.32. The van der Waals surface area contributed by atoms with E-state index in [2.05, 4.69) is 42.1 Å². The minimum Gasteiger partial charge on any atom is -0.373 e. The summed E-state index contributed by atoms with van der Waals surface area (Å²) in [7, 11) is 0. The first kappa shape index (κ1) is 23.5. The number of nitrogens with zero attached hydrogens (tertiary/aromatic N) is 5. The van der Waals surface area contributed by atoms with Gasteiger partial charge in [0, 0.05) is 46.6 Å².